The summed E-state index contributed by atoms with van der Waals surface area (Å²) in [5, 5.41) is 5.56. The van der Waals surface area contributed by atoms with Crippen LogP contribution in [0.25, 0.3) is 122 Å². The molecule has 0 N–H and O–H groups in total. The fraction of sp³-hybridized carbons (Fsp3) is 0. The highest BCUT2D eigenvalue weighted by molar-refractivity contribution is 6.27. The SMILES string of the molecule is c1ccc(-c2ccc(-c3nc(-c4ccccc4)cc(-c4cccc(-c5ccc(-c6nc7ccccc7c7c(-c8ccccc8)c8c(cc67)oc6ccccc68)cc5)c4)n3)cc2)cc1. The second kappa shape index (κ2) is 15.2. The van der Waals surface area contributed by atoms with Crippen LogP contribution in [0.5, 0.6) is 0 Å². The molecular weight excluding hydrogens is 767 g/mol. The largest absolute Gasteiger partial charge is 0.456 e. The van der Waals surface area contributed by atoms with E-state index in [-0.39, 0.29) is 0 Å². The van der Waals surface area contributed by atoms with Gasteiger partial charge in [0.05, 0.1) is 22.6 Å². The maximum absolute atomic E-state index is 6.60. The van der Waals surface area contributed by atoms with Crippen molar-refractivity contribution in [2.45, 2.75) is 0 Å². The summed E-state index contributed by atoms with van der Waals surface area (Å²) in [5.74, 6) is 0.686. The van der Waals surface area contributed by atoms with E-state index in [2.05, 4.69) is 194 Å². The van der Waals surface area contributed by atoms with Gasteiger partial charge in [0.15, 0.2) is 5.82 Å². The van der Waals surface area contributed by atoms with E-state index in [0.29, 0.717) is 5.82 Å². The van der Waals surface area contributed by atoms with E-state index in [9.17, 15) is 0 Å². The zero-order chi connectivity index (χ0) is 41.7. The smallest absolute Gasteiger partial charge is 0.160 e. The molecule has 12 rings (SSSR count). The van der Waals surface area contributed by atoms with Crippen molar-refractivity contribution in [1.29, 1.82) is 0 Å². The third kappa shape index (κ3) is 6.53. The van der Waals surface area contributed by atoms with E-state index in [0.717, 1.165) is 105 Å². The van der Waals surface area contributed by atoms with Crippen molar-refractivity contribution in [2.24, 2.45) is 0 Å². The number of aromatic nitrogens is 3. The van der Waals surface area contributed by atoms with Crippen LogP contribution in [0.2, 0.25) is 0 Å². The van der Waals surface area contributed by atoms with E-state index in [1.165, 1.54) is 10.9 Å². The van der Waals surface area contributed by atoms with Gasteiger partial charge in [-0.1, -0.05) is 194 Å². The molecule has 0 saturated heterocycles. The highest BCUT2D eigenvalue weighted by Gasteiger charge is 2.22. The van der Waals surface area contributed by atoms with Gasteiger partial charge in [0.2, 0.25) is 0 Å². The Morgan fingerprint density at radius 2 is 0.810 bits per heavy atom. The van der Waals surface area contributed by atoms with E-state index in [1.54, 1.807) is 0 Å². The molecule has 0 atom stereocenters. The summed E-state index contributed by atoms with van der Waals surface area (Å²) >= 11 is 0. The molecule has 4 heteroatoms. The monoisotopic (exact) mass is 803 g/mol. The van der Waals surface area contributed by atoms with E-state index in [1.807, 2.05) is 30.3 Å². The topological polar surface area (TPSA) is 51.8 Å². The van der Waals surface area contributed by atoms with Gasteiger partial charge in [-0.15, -0.1) is 0 Å². The van der Waals surface area contributed by atoms with Gasteiger partial charge >= 0.3 is 0 Å². The second-order valence-corrected chi connectivity index (χ2v) is 15.9. The van der Waals surface area contributed by atoms with Crippen LogP contribution in [-0.2, 0) is 0 Å². The van der Waals surface area contributed by atoms with Crippen LogP contribution in [0.4, 0.5) is 0 Å². The van der Waals surface area contributed by atoms with Gasteiger partial charge in [0.25, 0.3) is 0 Å². The molecule has 4 nitrogen and oxygen atoms in total. The average Bonchev–Trinajstić information content (AvgIpc) is 3.74. The Morgan fingerprint density at radius 3 is 1.54 bits per heavy atom. The predicted molar refractivity (Wildman–Crippen MR) is 260 cm³/mol. The normalized spacial score (nSPS) is 11.5. The minimum atomic E-state index is 0.686. The molecule has 63 heavy (non-hydrogen) atoms. The molecule has 3 aromatic heterocycles. The van der Waals surface area contributed by atoms with Gasteiger partial charge in [-0.2, -0.15) is 0 Å². The number of fused-ring (bicyclic) bond motifs is 6. The van der Waals surface area contributed by atoms with Crippen molar-refractivity contribution in [3.63, 3.8) is 0 Å². The zero-order valence-electron chi connectivity index (χ0n) is 34.1. The fourth-order valence-corrected chi connectivity index (χ4v) is 9.03. The summed E-state index contributed by atoms with van der Waals surface area (Å²) in [6, 6.07) is 78.5. The van der Waals surface area contributed by atoms with E-state index in [4.69, 9.17) is 19.4 Å². The van der Waals surface area contributed by atoms with Crippen molar-refractivity contribution >= 4 is 43.6 Å². The third-order valence-electron chi connectivity index (χ3n) is 12.1. The molecule has 0 bridgehead atoms. The van der Waals surface area contributed by atoms with Crippen LogP contribution in [0.1, 0.15) is 0 Å². The van der Waals surface area contributed by atoms with Crippen molar-refractivity contribution in [1.82, 2.24) is 15.0 Å². The van der Waals surface area contributed by atoms with Gasteiger partial charge in [-0.25, -0.2) is 15.0 Å². The summed E-state index contributed by atoms with van der Waals surface area (Å²) in [6.07, 6.45) is 0. The van der Waals surface area contributed by atoms with Crippen LogP contribution in [0.3, 0.4) is 0 Å². The molecule has 0 radical (unpaired) electrons. The zero-order valence-corrected chi connectivity index (χ0v) is 34.1. The number of furan rings is 1. The van der Waals surface area contributed by atoms with Crippen LogP contribution >= 0.6 is 0 Å². The van der Waals surface area contributed by atoms with Gasteiger partial charge in [0, 0.05) is 54.7 Å². The minimum absolute atomic E-state index is 0.686. The van der Waals surface area contributed by atoms with Gasteiger partial charge < -0.3 is 4.42 Å². The first-order valence-corrected chi connectivity index (χ1v) is 21.3. The molecular formula is C59H37N3O. The lowest BCUT2D eigenvalue weighted by atomic mass is 9.89. The Balaban J connectivity index is 0.963. The Morgan fingerprint density at radius 1 is 0.286 bits per heavy atom. The Bertz CT molecular complexity index is 3640. The molecule has 0 aliphatic rings. The molecule has 0 aliphatic carbocycles. The summed E-state index contributed by atoms with van der Waals surface area (Å²) in [4.78, 5) is 15.6. The Kier molecular flexibility index (Phi) is 8.79. The van der Waals surface area contributed by atoms with Crippen LogP contribution in [0, 0.1) is 0 Å². The summed E-state index contributed by atoms with van der Waals surface area (Å²) in [5.41, 5.74) is 16.2. The molecule has 0 fully saturated rings. The first kappa shape index (κ1) is 36.4. The molecule has 9 aromatic carbocycles. The minimum Gasteiger partial charge on any atom is -0.456 e. The summed E-state index contributed by atoms with van der Waals surface area (Å²) in [6.45, 7) is 0. The van der Waals surface area contributed by atoms with Gasteiger partial charge in [-0.05, 0) is 58.1 Å². The predicted octanol–water partition coefficient (Wildman–Crippen LogP) is 15.7. The lowest BCUT2D eigenvalue weighted by Gasteiger charge is -2.16. The molecule has 0 amide bonds. The Hall–Kier alpha value is -8.47. The third-order valence-corrected chi connectivity index (χ3v) is 12.1. The maximum atomic E-state index is 6.60. The number of benzene rings is 9. The lowest BCUT2D eigenvalue weighted by Crippen LogP contribution is -1.96. The van der Waals surface area contributed by atoms with Crippen molar-refractivity contribution < 1.29 is 4.42 Å². The molecule has 0 aliphatic heterocycles. The van der Waals surface area contributed by atoms with E-state index < -0.39 is 0 Å². The van der Waals surface area contributed by atoms with Crippen molar-refractivity contribution in [3.8, 4) is 78.5 Å². The molecule has 0 saturated carbocycles. The Labute approximate surface area is 364 Å². The number of rotatable bonds is 7. The molecule has 12 aromatic rings. The first-order valence-electron chi connectivity index (χ1n) is 21.3. The number of para-hydroxylation sites is 2. The summed E-state index contributed by atoms with van der Waals surface area (Å²) in [7, 11) is 0. The number of hydrogen-bond donors (Lipinski definition) is 0. The molecule has 0 unspecified atom stereocenters. The van der Waals surface area contributed by atoms with Gasteiger partial charge in [-0.3, -0.25) is 0 Å². The van der Waals surface area contributed by atoms with Crippen molar-refractivity contribution in [2.75, 3.05) is 0 Å². The lowest BCUT2D eigenvalue weighted by molar-refractivity contribution is 0.669. The standard InChI is InChI=1S/C59H37N3O/c1-4-15-38(16-5-1)39-29-33-44(34-30-39)59-61-51(41-17-6-2-7-18-41)37-52(62-59)46-22-14-21-45(35-46)40-27-31-43(32-28-40)58-49-36-54-57(48-24-11-13-26-53(48)63-54)55(42-19-8-3-9-20-42)56(49)47-23-10-12-25-50(47)60-58/h1-37H. The quantitative estimate of drug-likeness (QED) is 0.151. The maximum Gasteiger partial charge on any atom is 0.160 e. The molecule has 3 heterocycles. The highest BCUT2D eigenvalue weighted by atomic mass is 16.3. The highest BCUT2D eigenvalue weighted by Crippen LogP contribution is 2.46. The molecule has 294 valence electrons. The number of nitrogens with zero attached hydrogens (tertiary/aromatic N) is 3. The van der Waals surface area contributed by atoms with Crippen molar-refractivity contribution in [3.05, 3.63) is 224 Å². The van der Waals surface area contributed by atoms with Crippen LogP contribution < -0.4 is 0 Å². The van der Waals surface area contributed by atoms with E-state index >= 15 is 0 Å². The molecule has 0 spiro atoms. The van der Waals surface area contributed by atoms with Crippen LogP contribution in [0.15, 0.2) is 229 Å². The second-order valence-electron chi connectivity index (χ2n) is 15.9. The fourth-order valence-electron chi connectivity index (χ4n) is 9.03. The number of pyridine rings is 1. The summed E-state index contributed by atoms with van der Waals surface area (Å²) < 4.78 is 6.60. The van der Waals surface area contributed by atoms with Gasteiger partial charge in [0.1, 0.15) is 11.2 Å². The number of hydrogen-bond acceptors (Lipinski definition) is 4. The average molecular weight is 804 g/mol. The first-order chi connectivity index (χ1) is 31.2. The van der Waals surface area contributed by atoms with Crippen LogP contribution in [-0.4, -0.2) is 15.0 Å².